The van der Waals surface area contributed by atoms with Gasteiger partial charge < -0.3 is 0 Å². The van der Waals surface area contributed by atoms with Gasteiger partial charge in [-0.05, 0) is 0 Å². The summed E-state index contributed by atoms with van der Waals surface area (Å²) in [6.45, 7) is 0. The van der Waals surface area contributed by atoms with E-state index in [9.17, 15) is 0 Å². The van der Waals surface area contributed by atoms with Crippen LogP contribution in [0.25, 0.3) is 0 Å². The second-order valence-corrected chi connectivity index (χ2v) is 4.96. The molecule has 2 fully saturated rings. The average Bonchev–Trinajstić information content (AvgIpc) is 2.43. The number of hydrogen-bond donors (Lipinski definition) is 0. The Kier molecular flexibility index (Phi) is 3.11. The molecule has 0 unspecified atom stereocenters. The molecule has 2 nitrogen and oxygen atoms in total. The maximum atomic E-state index is 5.84. The average molecular weight is 231 g/mol. The summed E-state index contributed by atoms with van der Waals surface area (Å²) in [5.41, 5.74) is 1.37. The molecule has 1 heterocycles. The van der Waals surface area contributed by atoms with E-state index in [4.69, 9.17) is 4.74 Å². The van der Waals surface area contributed by atoms with E-state index in [1.807, 2.05) is 0 Å². The van der Waals surface area contributed by atoms with Crippen molar-refractivity contribution in [3.63, 3.8) is 0 Å². The van der Waals surface area contributed by atoms with E-state index < -0.39 is 0 Å². The zero-order valence-electron chi connectivity index (χ0n) is 8.82. The van der Waals surface area contributed by atoms with Crippen LogP contribution in [0, 0.1) is 5.92 Å². The normalized spacial score (nSPS) is 34.7. The maximum absolute atomic E-state index is 5.84. The van der Waals surface area contributed by atoms with Crippen molar-refractivity contribution in [1.82, 2.24) is 4.90 Å². The number of nitrogens with zero attached hydrogens (tertiary/aromatic N) is 1. The Morgan fingerprint density at radius 1 is 1.36 bits per heavy atom. The number of hydrogen-bond acceptors (Lipinski definition) is 2. The molecule has 1 saturated heterocycles. The molecule has 0 aromatic carbocycles. The third-order valence-corrected chi connectivity index (χ3v) is 3.51. The van der Waals surface area contributed by atoms with Crippen molar-refractivity contribution in [2.24, 2.45) is 5.92 Å². The standard InChI is InChI=1S/C11H17NO.Cr/c1-12(2)7-9-8-13-11-6-4-3-5-10(9)11;/h7,10-11H,3-6H2,1-2H3;/b9-7-;/t10-,11+;/m1./s1. The molecule has 2 aliphatic rings. The van der Waals surface area contributed by atoms with Gasteiger partial charge in [0, 0.05) is 0 Å². The van der Waals surface area contributed by atoms with Crippen molar-refractivity contribution in [2.45, 2.75) is 31.8 Å². The summed E-state index contributed by atoms with van der Waals surface area (Å²) in [5.74, 6) is 0.641. The second kappa shape index (κ2) is 4.18. The van der Waals surface area contributed by atoms with E-state index in [0.717, 1.165) is 4.57 Å². The topological polar surface area (TPSA) is 12.5 Å². The molecule has 1 aliphatic carbocycles. The summed E-state index contributed by atoms with van der Waals surface area (Å²) in [7, 11) is 4.13. The van der Waals surface area contributed by atoms with Gasteiger partial charge >= 0.3 is 93.6 Å². The Morgan fingerprint density at radius 2 is 2.07 bits per heavy atom. The first-order chi connectivity index (χ1) is 6.68. The van der Waals surface area contributed by atoms with Gasteiger partial charge in [0.05, 0.1) is 0 Å². The summed E-state index contributed by atoms with van der Waals surface area (Å²) in [6.07, 6.45) is 7.83. The Hall–Kier alpha value is -0.0975. The van der Waals surface area contributed by atoms with Gasteiger partial charge in [0.25, 0.3) is 0 Å². The molecule has 0 radical (unpaired) electrons. The Bertz CT molecular complexity index is 272. The van der Waals surface area contributed by atoms with Crippen molar-refractivity contribution in [3.8, 4) is 0 Å². The Morgan fingerprint density at radius 3 is 2.79 bits per heavy atom. The number of rotatable bonds is 1. The first-order valence-electron chi connectivity index (χ1n) is 5.27. The molecule has 2 rings (SSSR count). The molecule has 1 saturated carbocycles. The molecule has 3 heteroatoms. The van der Waals surface area contributed by atoms with Crippen molar-refractivity contribution in [1.29, 1.82) is 0 Å². The summed E-state index contributed by atoms with van der Waals surface area (Å²) < 4.78 is 6.87. The van der Waals surface area contributed by atoms with Gasteiger partial charge in [0.2, 0.25) is 0 Å². The fourth-order valence-corrected chi connectivity index (χ4v) is 2.89. The van der Waals surface area contributed by atoms with Gasteiger partial charge in [-0.1, -0.05) is 0 Å². The van der Waals surface area contributed by atoms with E-state index >= 15 is 0 Å². The zero-order chi connectivity index (χ0) is 10.1. The van der Waals surface area contributed by atoms with Crippen LogP contribution in [0.15, 0.2) is 11.8 Å². The summed E-state index contributed by atoms with van der Waals surface area (Å²) >= 11 is 3.05. The molecular formula is C11H17CrNO. The fourth-order valence-electron chi connectivity index (χ4n) is 2.38. The molecule has 14 heavy (non-hydrogen) atoms. The van der Waals surface area contributed by atoms with Crippen LogP contribution >= 0.6 is 0 Å². The first-order valence-corrected chi connectivity index (χ1v) is 5.91. The van der Waals surface area contributed by atoms with Gasteiger partial charge in [-0.2, -0.15) is 0 Å². The first kappa shape index (κ1) is 10.4. The zero-order valence-corrected chi connectivity index (χ0v) is 10.1. The predicted octanol–water partition coefficient (Wildman–Crippen LogP) is 1.70. The molecule has 0 amide bonds. The van der Waals surface area contributed by atoms with Gasteiger partial charge in [-0.3, -0.25) is 0 Å². The van der Waals surface area contributed by atoms with Crippen LogP contribution in [0.1, 0.15) is 25.7 Å². The second-order valence-electron chi connectivity index (χ2n) is 4.38. The molecule has 0 spiro atoms. The Labute approximate surface area is 93.9 Å². The van der Waals surface area contributed by atoms with Crippen molar-refractivity contribution < 1.29 is 20.6 Å². The van der Waals surface area contributed by atoms with Gasteiger partial charge in [0.1, 0.15) is 0 Å². The van der Waals surface area contributed by atoms with Gasteiger partial charge in [-0.25, -0.2) is 0 Å². The minimum atomic E-state index is 0.450. The summed E-state index contributed by atoms with van der Waals surface area (Å²) in [6, 6.07) is 0. The van der Waals surface area contributed by atoms with Crippen LogP contribution in [-0.4, -0.2) is 29.7 Å². The van der Waals surface area contributed by atoms with Crippen LogP contribution in [-0.2, 0) is 20.6 Å². The van der Waals surface area contributed by atoms with E-state index in [0.29, 0.717) is 12.0 Å². The SMILES string of the molecule is CN(C)/C=C1/[C](=[Cr])O[C@H]2CCCC[C@H]12. The van der Waals surface area contributed by atoms with Gasteiger partial charge in [-0.15, -0.1) is 0 Å². The quantitative estimate of drug-likeness (QED) is 0.681. The molecule has 0 N–H and O–H groups in total. The summed E-state index contributed by atoms with van der Waals surface area (Å²) in [4.78, 5) is 2.10. The molecular weight excluding hydrogens is 214 g/mol. The molecule has 0 aromatic rings. The van der Waals surface area contributed by atoms with E-state index in [1.165, 1.54) is 31.3 Å². The molecule has 0 aromatic heterocycles. The van der Waals surface area contributed by atoms with Crippen LogP contribution in [0.5, 0.6) is 0 Å². The van der Waals surface area contributed by atoms with Crippen LogP contribution < -0.4 is 0 Å². The monoisotopic (exact) mass is 231 g/mol. The molecule has 0 bridgehead atoms. The van der Waals surface area contributed by atoms with Crippen LogP contribution in [0.3, 0.4) is 0 Å². The van der Waals surface area contributed by atoms with E-state index in [1.54, 1.807) is 0 Å². The van der Waals surface area contributed by atoms with E-state index in [-0.39, 0.29) is 0 Å². The number of ether oxygens (including phenoxy) is 1. The van der Waals surface area contributed by atoms with Crippen LogP contribution in [0.4, 0.5) is 0 Å². The van der Waals surface area contributed by atoms with Crippen molar-refractivity contribution in [3.05, 3.63) is 11.8 Å². The molecule has 1 aliphatic heterocycles. The van der Waals surface area contributed by atoms with E-state index in [2.05, 4.69) is 41.0 Å². The number of fused-ring (bicyclic) bond motifs is 1. The Balaban J connectivity index is 2.19. The molecule has 78 valence electrons. The third kappa shape index (κ3) is 1.95. The summed E-state index contributed by atoms with van der Waals surface area (Å²) in [5, 5.41) is 0. The molecule has 2 atom stereocenters. The van der Waals surface area contributed by atoms with Gasteiger partial charge in [0.15, 0.2) is 0 Å². The van der Waals surface area contributed by atoms with Crippen molar-refractivity contribution in [2.75, 3.05) is 14.1 Å². The fraction of sp³-hybridized carbons (Fsp3) is 0.727. The van der Waals surface area contributed by atoms with Crippen molar-refractivity contribution >= 4 is 4.57 Å². The third-order valence-electron chi connectivity index (χ3n) is 2.99. The van der Waals surface area contributed by atoms with Crippen LogP contribution in [0.2, 0.25) is 0 Å². The minimum absolute atomic E-state index is 0.450. The predicted molar refractivity (Wildman–Crippen MR) is 53.6 cm³/mol.